The highest BCUT2D eigenvalue weighted by Gasteiger charge is 2.09. The van der Waals surface area contributed by atoms with Crippen LogP contribution in [0.3, 0.4) is 0 Å². The lowest BCUT2D eigenvalue weighted by atomic mass is 10.2. The maximum Gasteiger partial charge on any atom is 0.269 e. The van der Waals surface area contributed by atoms with Gasteiger partial charge in [0.2, 0.25) is 5.91 Å². The van der Waals surface area contributed by atoms with E-state index < -0.39 is 10.8 Å². The van der Waals surface area contributed by atoms with Crippen LogP contribution in [0, 0.1) is 10.1 Å². The summed E-state index contributed by atoms with van der Waals surface area (Å²) in [6.45, 7) is 0.521. The topological polar surface area (TPSA) is 101 Å². The predicted octanol–water partition coefficient (Wildman–Crippen LogP) is 2.68. The van der Waals surface area contributed by atoms with Crippen LogP contribution in [0.4, 0.5) is 5.69 Å². The molecule has 0 bridgehead atoms. The molecule has 0 aliphatic heterocycles. The van der Waals surface area contributed by atoms with Crippen LogP contribution in [0.1, 0.15) is 22.3 Å². The minimum absolute atomic E-state index is 0.0862. The van der Waals surface area contributed by atoms with Crippen LogP contribution in [0.15, 0.2) is 48.5 Å². The summed E-state index contributed by atoms with van der Waals surface area (Å²) >= 11 is 5.87. The van der Waals surface area contributed by atoms with Gasteiger partial charge < -0.3 is 10.6 Å². The molecule has 0 atom stereocenters. The van der Waals surface area contributed by atoms with E-state index in [1.165, 1.54) is 24.3 Å². The Bertz CT molecular complexity index is 778. The number of benzene rings is 2. The molecule has 0 saturated carbocycles. The van der Waals surface area contributed by atoms with Gasteiger partial charge in [-0.2, -0.15) is 0 Å². The molecule has 0 radical (unpaired) electrons. The van der Waals surface area contributed by atoms with Crippen LogP contribution in [0.25, 0.3) is 0 Å². The van der Waals surface area contributed by atoms with Crippen LogP contribution in [-0.4, -0.2) is 23.3 Å². The smallest absolute Gasteiger partial charge is 0.269 e. The molecule has 0 spiro atoms. The molecule has 0 unspecified atom stereocenters. The first-order chi connectivity index (χ1) is 12.0. The van der Waals surface area contributed by atoms with Crippen LogP contribution in [0.5, 0.6) is 0 Å². The van der Waals surface area contributed by atoms with Gasteiger partial charge >= 0.3 is 0 Å². The number of nitrogens with zero attached hydrogens (tertiary/aromatic N) is 1. The molecule has 2 N–H and O–H groups in total. The third-order valence-corrected chi connectivity index (χ3v) is 3.59. The molecular weight excluding hydrogens is 346 g/mol. The summed E-state index contributed by atoms with van der Waals surface area (Å²) in [5.41, 5.74) is 1.10. The summed E-state index contributed by atoms with van der Waals surface area (Å²) in [4.78, 5) is 33.7. The quantitative estimate of drug-likeness (QED) is 0.584. The molecule has 25 heavy (non-hydrogen) atoms. The lowest BCUT2D eigenvalue weighted by Crippen LogP contribution is -2.30. The number of amides is 2. The van der Waals surface area contributed by atoms with Crippen molar-refractivity contribution in [3.63, 3.8) is 0 Å². The standard InChI is InChI=1S/C17H16ClN3O4/c18-14-3-1-2-12(10-14)11-20-16(22)8-9-19-17(23)13-4-6-15(7-5-13)21(24)25/h1-7,10H,8-9,11H2,(H,19,23)(H,20,22). The van der Waals surface area contributed by atoms with E-state index >= 15 is 0 Å². The van der Waals surface area contributed by atoms with Crippen LogP contribution < -0.4 is 10.6 Å². The molecule has 2 aromatic rings. The van der Waals surface area contributed by atoms with Crippen LogP contribution >= 0.6 is 11.6 Å². The number of carbonyl (C=O) groups is 2. The fourth-order valence-electron chi connectivity index (χ4n) is 2.06. The Labute approximate surface area is 149 Å². The Balaban J connectivity index is 1.73. The normalized spacial score (nSPS) is 10.1. The molecular formula is C17H16ClN3O4. The summed E-state index contributed by atoms with van der Waals surface area (Å²) < 4.78 is 0. The Morgan fingerprint density at radius 2 is 1.80 bits per heavy atom. The molecule has 2 aromatic carbocycles. The van der Waals surface area contributed by atoms with E-state index in [4.69, 9.17) is 11.6 Å². The van der Waals surface area contributed by atoms with E-state index in [0.29, 0.717) is 17.1 Å². The first-order valence-electron chi connectivity index (χ1n) is 7.49. The average molecular weight is 362 g/mol. The lowest BCUT2D eigenvalue weighted by molar-refractivity contribution is -0.384. The van der Waals surface area contributed by atoms with Gasteiger partial charge in [-0.05, 0) is 29.8 Å². The minimum atomic E-state index is -0.536. The third kappa shape index (κ3) is 5.89. The van der Waals surface area contributed by atoms with E-state index in [1.807, 2.05) is 6.07 Å². The van der Waals surface area contributed by atoms with Crippen molar-refractivity contribution in [3.05, 3.63) is 74.8 Å². The fraction of sp³-hybridized carbons (Fsp3) is 0.176. The SMILES string of the molecule is O=C(CCNC(=O)c1ccc([N+](=O)[O-])cc1)NCc1cccc(Cl)c1. The number of hydrogen-bond acceptors (Lipinski definition) is 4. The number of non-ortho nitro benzene ring substituents is 1. The molecule has 0 aliphatic rings. The number of nitro groups is 1. The number of halogens is 1. The van der Waals surface area contributed by atoms with Gasteiger partial charge in [0.05, 0.1) is 4.92 Å². The molecule has 0 aliphatic carbocycles. The Kier molecular flexibility index (Phi) is 6.47. The van der Waals surface area contributed by atoms with E-state index in [2.05, 4.69) is 10.6 Å². The monoisotopic (exact) mass is 361 g/mol. The number of rotatable bonds is 7. The van der Waals surface area contributed by atoms with Crippen LogP contribution in [0.2, 0.25) is 5.02 Å². The average Bonchev–Trinajstić information content (AvgIpc) is 2.60. The minimum Gasteiger partial charge on any atom is -0.352 e. The van der Waals surface area contributed by atoms with Gasteiger partial charge in [-0.1, -0.05) is 23.7 Å². The maximum absolute atomic E-state index is 11.9. The number of nitrogens with one attached hydrogen (secondary N) is 2. The van der Waals surface area contributed by atoms with E-state index in [-0.39, 0.29) is 24.6 Å². The van der Waals surface area contributed by atoms with Gasteiger partial charge in [-0.15, -0.1) is 0 Å². The first-order valence-corrected chi connectivity index (χ1v) is 7.87. The maximum atomic E-state index is 11.9. The summed E-state index contributed by atoms with van der Waals surface area (Å²) in [7, 11) is 0. The van der Waals surface area contributed by atoms with E-state index in [9.17, 15) is 19.7 Å². The van der Waals surface area contributed by atoms with Crippen molar-refractivity contribution in [1.82, 2.24) is 10.6 Å². The Morgan fingerprint density at radius 3 is 2.44 bits per heavy atom. The zero-order valence-corrected chi connectivity index (χ0v) is 14.0. The molecule has 0 aromatic heterocycles. The van der Waals surface area contributed by atoms with E-state index in [1.54, 1.807) is 18.2 Å². The molecule has 2 rings (SSSR count). The second-order valence-electron chi connectivity index (χ2n) is 5.22. The molecule has 8 heteroatoms. The van der Waals surface area contributed by atoms with Crippen molar-refractivity contribution < 1.29 is 14.5 Å². The number of carbonyl (C=O) groups excluding carboxylic acids is 2. The summed E-state index contributed by atoms with van der Waals surface area (Å²) in [6, 6.07) is 12.4. The zero-order chi connectivity index (χ0) is 18.2. The zero-order valence-electron chi connectivity index (χ0n) is 13.2. The molecule has 2 amide bonds. The van der Waals surface area contributed by atoms with Gasteiger partial charge in [-0.3, -0.25) is 19.7 Å². The van der Waals surface area contributed by atoms with Crippen molar-refractivity contribution >= 4 is 29.1 Å². The van der Waals surface area contributed by atoms with Crippen molar-refractivity contribution in [2.75, 3.05) is 6.54 Å². The van der Waals surface area contributed by atoms with Gasteiger partial charge in [0.15, 0.2) is 0 Å². The van der Waals surface area contributed by atoms with Crippen molar-refractivity contribution in [1.29, 1.82) is 0 Å². The highest BCUT2D eigenvalue weighted by Crippen LogP contribution is 2.12. The molecule has 0 heterocycles. The van der Waals surface area contributed by atoms with E-state index in [0.717, 1.165) is 5.56 Å². The van der Waals surface area contributed by atoms with Gasteiger partial charge in [-0.25, -0.2) is 0 Å². The Hall–Kier alpha value is -2.93. The highest BCUT2D eigenvalue weighted by molar-refractivity contribution is 6.30. The number of nitro benzene ring substituents is 1. The molecule has 0 fully saturated rings. The van der Waals surface area contributed by atoms with Crippen LogP contribution in [-0.2, 0) is 11.3 Å². The van der Waals surface area contributed by atoms with Gasteiger partial charge in [0, 0.05) is 42.2 Å². The Morgan fingerprint density at radius 1 is 1.08 bits per heavy atom. The van der Waals surface area contributed by atoms with Gasteiger partial charge in [0.25, 0.3) is 11.6 Å². The second kappa shape index (κ2) is 8.79. The second-order valence-corrected chi connectivity index (χ2v) is 5.65. The highest BCUT2D eigenvalue weighted by atomic mass is 35.5. The van der Waals surface area contributed by atoms with Crippen molar-refractivity contribution in [2.24, 2.45) is 0 Å². The van der Waals surface area contributed by atoms with Gasteiger partial charge in [0.1, 0.15) is 0 Å². The summed E-state index contributed by atoms with van der Waals surface area (Å²) in [6.07, 6.45) is 0.124. The summed E-state index contributed by atoms with van der Waals surface area (Å²) in [5.74, 6) is -0.596. The molecule has 130 valence electrons. The molecule has 7 nitrogen and oxygen atoms in total. The van der Waals surface area contributed by atoms with Crippen molar-refractivity contribution in [2.45, 2.75) is 13.0 Å². The lowest BCUT2D eigenvalue weighted by Gasteiger charge is -2.07. The third-order valence-electron chi connectivity index (χ3n) is 3.36. The fourth-order valence-corrected chi connectivity index (χ4v) is 2.27. The van der Waals surface area contributed by atoms with Crippen molar-refractivity contribution in [3.8, 4) is 0 Å². The number of hydrogen-bond donors (Lipinski definition) is 2. The summed E-state index contributed by atoms with van der Waals surface area (Å²) in [5, 5.41) is 16.5. The largest absolute Gasteiger partial charge is 0.352 e. The first kappa shape index (κ1) is 18.4. The predicted molar refractivity (Wildman–Crippen MR) is 93.3 cm³/mol. The molecule has 0 saturated heterocycles.